The second kappa shape index (κ2) is 8.54. The topological polar surface area (TPSA) is 71.8 Å². The fourth-order valence-corrected chi connectivity index (χ4v) is 5.03. The molecule has 1 N–H and O–H groups in total. The summed E-state index contributed by atoms with van der Waals surface area (Å²) in [4.78, 5) is 23.3. The Hall–Kier alpha value is -4.08. The summed E-state index contributed by atoms with van der Waals surface area (Å²) in [5.74, 6) is 0.103. The highest BCUT2D eigenvalue weighted by atomic mass is 19.3. The van der Waals surface area contributed by atoms with Crippen LogP contribution in [0.15, 0.2) is 42.9 Å². The Balaban J connectivity index is 1.46. The molecule has 0 unspecified atom stereocenters. The van der Waals surface area contributed by atoms with Gasteiger partial charge in [-0.05, 0) is 30.2 Å². The number of nitrogens with one attached hydrogen (secondary N) is 1. The van der Waals surface area contributed by atoms with Gasteiger partial charge in [-0.1, -0.05) is 23.8 Å². The van der Waals surface area contributed by atoms with Gasteiger partial charge < -0.3 is 15.0 Å². The molecule has 4 aromatic rings. The number of benzene rings is 2. The fraction of sp³-hybridized carbons (Fsp3) is 0.269. The quantitative estimate of drug-likeness (QED) is 0.440. The summed E-state index contributed by atoms with van der Waals surface area (Å²) >= 11 is 0. The molecule has 2 aromatic carbocycles. The molecule has 0 saturated carbocycles. The highest BCUT2D eigenvalue weighted by Crippen LogP contribution is 2.35. The van der Waals surface area contributed by atoms with Crippen molar-refractivity contribution in [1.29, 1.82) is 0 Å². The third kappa shape index (κ3) is 3.64. The maximum atomic E-state index is 14.6. The highest BCUT2D eigenvalue weighted by molar-refractivity contribution is 6.04. The number of hydrogen-bond donors (Lipinski definition) is 1. The van der Waals surface area contributed by atoms with E-state index in [1.807, 2.05) is 25.1 Å². The Morgan fingerprint density at radius 2 is 2.03 bits per heavy atom. The van der Waals surface area contributed by atoms with Gasteiger partial charge in [0, 0.05) is 42.4 Å². The lowest BCUT2D eigenvalue weighted by molar-refractivity contribution is 0.0532. The molecule has 0 aliphatic carbocycles. The van der Waals surface area contributed by atoms with Crippen molar-refractivity contribution >= 4 is 17.4 Å². The average Bonchev–Trinajstić information content (AvgIpc) is 3.50. The third-order valence-corrected chi connectivity index (χ3v) is 6.69. The monoisotopic (exact) mass is 493 g/mol. The minimum absolute atomic E-state index is 0.0408. The van der Waals surface area contributed by atoms with E-state index in [4.69, 9.17) is 4.74 Å². The summed E-state index contributed by atoms with van der Waals surface area (Å²) in [6, 6.07) is 8.74. The fourth-order valence-electron chi connectivity index (χ4n) is 5.03. The lowest BCUT2D eigenvalue weighted by Gasteiger charge is -2.26. The largest absolute Gasteiger partial charge is 0.493 e. The van der Waals surface area contributed by atoms with Crippen molar-refractivity contribution in [3.8, 4) is 16.9 Å². The van der Waals surface area contributed by atoms with Crippen LogP contribution in [-0.4, -0.2) is 44.8 Å². The number of ether oxygens (including phenoxy) is 1. The molecule has 0 spiro atoms. The number of alkyl halides is 2. The predicted octanol–water partition coefficient (Wildman–Crippen LogP) is 4.61. The number of nitrogens with zero attached hydrogens (tertiary/aromatic N) is 4. The predicted molar refractivity (Wildman–Crippen MR) is 127 cm³/mol. The second-order valence-electron chi connectivity index (χ2n) is 9.00. The molecule has 10 heteroatoms. The van der Waals surface area contributed by atoms with Crippen LogP contribution in [0, 0.1) is 12.7 Å². The SMILES string of the molecule is Cc1ccc2c(c1)CN(CC(F)F)C(=O)c1ncn3c(NCc4c(F)ccc5c4CCO5)ncc-2c13. The molecule has 0 fully saturated rings. The van der Waals surface area contributed by atoms with Crippen LogP contribution in [0.2, 0.25) is 0 Å². The summed E-state index contributed by atoms with van der Waals surface area (Å²) in [6.45, 7) is 1.91. The van der Waals surface area contributed by atoms with Crippen LogP contribution < -0.4 is 10.1 Å². The van der Waals surface area contributed by atoms with E-state index in [0.29, 0.717) is 41.4 Å². The number of fused-ring (bicyclic) bond motifs is 3. The molecule has 0 atom stereocenters. The first-order valence-electron chi connectivity index (χ1n) is 11.6. The zero-order chi connectivity index (χ0) is 25.0. The van der Waals surface area contributed by atoms with Crippen molar-refractivity contribution in [3.05, 3.63) is 76.6 Å². The van der Waals surface area contributed by atoms with E-state index < -0.39 is 18.9 Å². The van der Waals surface area contributed by atoms with Crippen molar-refractivity contribution in [1.82, 2.24) is 19.3 Å². The van der Waals surface area contributed by atoms with Crippen LogP contribution in [0.1, 0.15) is 32.7 Å². The Kier molecular flexibility index (Phi) is 5.31. The molecule has 36 heavy (non-hydrogen) atoms. The Labute approximate surface area is 204 Å². The average molecular weight is 493 g/mol. The number of carbonyl (C=O) groups excluding carboxylic acids is 1. The van der Waals surface area contributed by atoms with Gasteiger partial charge in [-0.3, -0.25) is 9.20 Å². The standard InChI is InChI=1S/C26H22F3N5O2/c1-14-2-3-16-15(8-14)11-33(12-22(28)29)25(35)23-24-19(16)10-31-26(34(24)13-32-23)30-9-18-17-6-7-36-21(17)5-4-20(18)27/h2-5,8,10,13,22H,6-7,9,11-12H2,1H3,(H,30,31). The smallest absolute Gasteiger partial charge is 0.275 e. The van der Waals surface area contributed by atoms with Crippen LogP contribution in [0.25, 0.3) is 16.6 Å². The molecule has 4 heterocycles. The summed E-state index contributed by atoms with van der Waals surface area (Å²) in [5, 5.41) is 3.16. The molecule has 0 radical (unpaired) electrons. The summed E-state index contributed by atoms with van der Waals surface area (Å²) in [6.07, 6.45) is 1.02. The maximum absolute atomic E-state index is 14.6. The van der Waals surface area contributed by atoms with E-state index in [1.165, 1.54) is 12.4 Å². The van der Waals surface area contributed by atoms with Crippen LogP contribution >= 0.6 is 0 Å². The van der Waals surface area contributed by atoms with Crippen LogP contribution in [-0.2, 0) is 19.5 Å². The number of carbonyl (C=O) groups is 1. The molecule has 2 aliphatic rings. The molecule has 2 aromatic heterocycles. The first-order valence-corrected chi connectivity index (χ1v) is 11.6. The molecular formula is C26H22F3N5O2. The van der Waals surface area contributed by atoms with Crippen molar-refractivity contribution in [2.75, 3.05) is 18.5 Å². The van der Waals surface area contributed by atoms with Crippen molar-refractivity contribution in [3.63, 3.8) is 0 Å². The van der Waals surface area contributed by atoms with Gasteiger partial charge in [-0.25, -0.2) is 23.1 Å². The van der Waals surface area contributed by atoms with E-state index in [-0.39, 0.29) is 24.6 Å². The van der Waals surface area contributed by atoms with Crippen molar-refractivity contribution < 1.29 is 22.7 Å². The van der Waals surface area contributed by atoms with Gasteiger partial charge in [0.05, 0.1) is 18.7 Å². The third-order valence-electron chi connectivity index (χ3n) is 6.69. The number of imidazole rings is 1. The molecule has 184 valence electrons. The Bertz CT molecular complexity index is 1520. The molecule has 7 nitrogen and oxygen atoms in total. The van der Waals surface area contributed by atoms with Crippen LogP contribution in [0.5, 0.6) is 5.75 Å². The maximum Gasteiger partial charge on any atom is 0.275 e. The minimum Gasteiger partial charge on any atom is -0.493 e. The van der Waals surface area contributed by atoms with Crippen molar-refractivity contribution in [2.24, 2.45) is 0 Å². The second-order valence-corrected chi connectivity index (χ2v) is 9.00. The number of halogens is 3. The number of hydrogen-bond acceptors (Lipinski definition) is 5. The van der Waals surface area contributed by atoms with Gasteiger partial charge in [-0.15, -0.1) is 0 Å². The number of amides is 1. The van der Waals surface area contributed by atoms with Crippen molar-refractivity contribution in [2.45, 2.75) is 32.9 Å². The number of rotatable bonds is 5. The highest BCUT2D eigenvalue weighted by Gasteiger charge is 2.30. The van der Waals surface area contributed by atoms with E-state index in [0.717, 1.165) is 27.2 Å². The molecule has 0 saturated heterocycles. The Morgan fingerprint density at radius 3 is 2.86 bits per heavy atom. The molecule has 1 amide bonds. The van der Waals surface area contributed by atoms with Gasteiger partial charge in [0.25, 0.3) is 12.3 Å². The van der Waals surface area contributed by atoms with Gasteiger partial charge in [0.15, 0.2) is 5.69 Å². The first kappa shape index (κ1) is 22.4. The van der Waals surface area contributed by atoms with E-state index in [2.05, 4.69) is 15.3 Å². The van der Waals surface area contributed by atoms with Crippen LogP contribution in [0.4, 0.5) is 19.1 Å². The normalized spacial score (nSPS) is 14.5. The molecular weight excluding hydrogens is 471 g/mol. The van der Waals surface area contributed by atoms with E-state index >= 15 is 0 Å². The van der Waals surface area contributed by atoms with E-state index in [1.54, 1.807) is 16.7 Å². The lowest BCUT2D eigenvalue weighted by Crippen LogP contribution is -2.35. The minimum atomic E-state index is -2.68. The number of aryl methyl sites for hydroxylation is 1. The number of aromatic nitrogens is 3. The summed E-state index contributed by atoms with van der Waals surface area (Å²) in [7, 11) is 0. The zero-order valence-electron chi connectivity index (χ0n) is 19.4. The summed E-state index contributed by atoms with van der Waals surface area (Å²) < 4.78 is 48.6. The molecule has 0 bridgehead atoms. The van der Waals surface area contributed by atoms with Gasteiger partial charge in [0.2, 0.25) is 5.95 Å². The zero-order valence-corrected chi connectivity index (χ0v) is 19.4. The molecule has 2 aliphatic heterocycles. The number of anilines is 1. The lowest BCUT2D eigenvalue weighted by atomic mass is 9.95. The molecule has 6 rings (SSSR count). The van der Waals surface area contributed by atoms with Gasteiger partial charge >= 0.3 is 0 Å². The van der Waals surface area contributed by atoms with E-state index in [9.17, 15) is 18.0 Å². The summed E-state index contributed by atoms with van der Waals surface area (Å²) in [5.41, 5.74) is 5.02. The van der Waals surface area contributed by atoms with Gasteiger partial charge in [-0.2, -0.15) is 0 Å². The van der Waals surface area contributed by atoms with Gasteiger partial charge in [0.1, 0.15) is 17.9 Å². The first-order chi connectivity index (χ1) is 17.4. The Morgan fingerprint density at radius 1 is 1.17 bits per heavy atom. The van der Waals surface area contributed by atoms with Crippen LogP contribution in [0.3, 0.4) is 0 Å².